The lowest BCUT2D eigenvalue weighted by Gasteiger charge is -2.14. The number of furan rings is 1. The number of halogens is 1. The smallest absolute Gasteiger partial charge is 0.137 e. The molecule has 0 amide bonds. The van der Waals surface area contributed by atoms with Crippen LogP contribution in [0.4, 0.5) is 0 Å². The highest BCUT2D eigenvalue weighted by molar-refractivity contribution is 9.10. The lowest BCUT2D eigenvalue weighted by Crippen LogP contribution is -1.99. The number of para-hydroxylation sites is 3. The first-order valence-electron chi connectivity index (χ1n) is 19.9. The maximum Gasteiger partial charge on any atom is 0.137 e. The van der Waals surface area contributed by atoms with Gasteiger partial charge in [-0.2, -0.15) is 0 Å². The normalized spacial score (nSPS) is 12.7. The number of rotatable bonds is 5. The fourth-order valence-corrected chi connectivity index (χ4v) is 9.75. The zero-order valence-corrected chi connectivity index (χ0v) is 33.1. The standard InChI is InChI=1S/C54H35BrN2O/c55-40-12-10-11-34(30-40)37-27-38(29-39(28-37)36-21-24-45-43-15-4-7-18-49(43)56(52(45)32-36)41-13-2-1-3-14-41)35-22-26-51-48(31-35)44-16-5-8-19-50(44)57(51)42-23-25-47-46-17-6-9-20-53(46)58-54(47)33-42/h1-3,5-14,16-33H,4,15H2. The summed E-state index contributed by atoms with van der Waals surface area (Å²) in [6.07, 6.45) is 6.74. The molecule has 58 heavy (non-hydrogen) atoms. The second-order valence-corrected chi connectivity index (χ2v) is 16.3. The van der Waals surface area contributed by atoms with Crippen molar-refractivity contribution in [2.24, 2.45) is 0 Å². The Bertz CT molecular complexity index is 3470. The Balaban J connectivity index is 1.05. The molecule has 0 radical (unpaired) electrons. The number of hydrogen-bond donors (Lipinski definition) is 0. The number of hydrogen-bond acceptors (Lipinski definition) is 1. The van der Waals surface area contributed by atoms with Crippen LogP contribution in [-0.4, -0.2) is 9.13 Å². The van der Waals surface area contributed by atoms with Crippen LogP contribution < -0.4 is 0 Å². The molecule has 0 fully saturated rings. The van der Waals surface area contributed by atoms with Gasteiger partial charge < -0.3 is 13.6 Å². The van der Waals surface area contributed by atoms with Crippen LogP contribution in [0.1, 0.15) is 17.7 Å². The van der Waals surface area contributed by atoms with Gasteiger partial charge in [-0.15, -0.1) is 0 Å². The summed E-state index contributed by atoms with van der Waals surface area (Å²) in [5, 5.41) is 6.04. The zero-order valence-electron chi connectivity index (χ0n) is 31.5. The Morgan fingerprint density at radius 1 is 0.414 bits per heavy atom. The third kappa shape index (κ3) is 5.25. The molecular formula is C54H35BrN2O. The van der Waals surface area contributed by atoms with Crippen LogP contribution in [0.3, 0.4) is 0 Å². The molecule has 3 nitrogen and oxygen atoms in total. The van der Waals surface area contributed by atoms with Gasteiger partial charge in [-0.25, -0.2) is 0 Å². The topological polar surface area (TPSA) is 23.0 Å². The van der Waals surface area contributed by atoms with E-state index in [0.29, 0.717) is 0 Å². The summed E-state index contributed by atoms with van der Waals surface area (Å²) >= 11 is 3.75. The fourth-order valence-electron chi connectivity index (χ4n) is 9.35. The molecule has 12 rings (SSSR count). The summed E-state index contributed by atoms with van der Waals surface area (Å²) in [5.41, 5.74) is 17.4. The lowest BCUT2D eigenvalue weighted by atomic mass is 9.92. The highest BCUT2D eigenvalue weighted by Gasteiger charge is 2.20. The van der Waals surface area contributed by atoms with Crippen molar-refractivity contribution in [1.29, 1.82) is 0 Å². The Labute approximate surface area is 343 Å². The second-order valence-electron chi connectivity index (χ2n) is 15.4. The summed E-state index contributed by atoms with van der Waals surface area (Å²) in [7, 11) is 0. The Morgan fingerprint density at radius 3 is 1.95 bits per heavy atom. The molecule has 274 valence electrons. The van der Waals surface area contributed by atoms with Crippen LogP contribution in [0.5, 0.6) is 0 Å². The van der Waals surface area contributed by atoms with Crippen LogP contribution in [0.2, 0.25) is 0 Å². The summed E-state index contributed by atoms with van der Waals surface area (Å²) in [6.45, 7) is 0. The quantitative estimate of drug-likeness (QED) is 0.170. The number of aromatic nitrogens is 2. The van der Waals surface area contributed by atoms with Gasteiger partial charge in [0, 0.05) is 54.5 Å². The van der Waals surface area contributed by atoms with Gasteiger partial charge in [0.2, 0.25) is 0 Å². The van der Waals surface area contributed by atoms with E-state index in [2.05, 4.69) is 201 Å². The van der Waals surface area contributed by atoms with E-state index >= 15 is 0 Å². The van der Waals surface area contributed by atoms with Gasteiger partial charge >= 0.3 is 0 Å². The molecule has 0 atom stereocenters. The van der Waals surface area contributed by atoms with E-state index in [0.717, 1.165) is 50.5 Å². The minimum Gasteiger partial charge on any atom is -0.456 e. The first kappa shape index (κ1) is 33.3. The van der Waals surface area contributed by atoms with Crippen molar-refractivity contribution in [2.75, 3.05) is 0 Å². The van der Waals surface area contributed by atoms with Gasteiger partial charge in [0.25, 0.3) is 0 Å². The average molecular weight is 808 g/mol. The summed E-state index contributed by atoms with van der Waals surface area (Å²) < 4.78 is 12.2. The van der Waals surface area contributed by atoms with E-state index in [9.17, 15) is 0 Å². The van der Waals surface area contributed by atoms with Crippen molar-refractivity contribution in [2.45, 2.75) is 12.8 Å². The number of allylic oxidation sites excluding steroid dienone is 1. The third-order valence-corrected chi connectivity index (χ3v) is 12.5. The monoisotopic (exact) mass is 806 g/mol. The molecule has 0 aliphatic heterocycles. The first-order valence-corrected chi connectivity index (χ1v) is 20.7. The van der Waals surface area contributed by atoms with Crippen molar-refractivity contribution in [1.82, 2.24) is 9.13 Å². The van der Waals surface area contributed by atoms with E-state index in [-0.39, 0.29) is 0 Å². The van der Waals surface area contributed by atoms with Gasteiger partial charge in [0.15, 0.2) is 0 Å². The molecule has 0 spiro atoms. The molecule has 3 heterocycles. The maximum atomic E-state index is 6.35. The van der Waals surface area contributed by atoms with Crippen molar-refractivity contribution < 1.29 is 4.42 Å². The zero-order chi connectivity index (χ0) is 38.3. The van der Waals surface area contributed by atoms with Crippen LogP contribution in [0.25, 0.3) is 105 Å². The molecular weight excluding hydrogens is 773 g/mol. The van der Waals surface area contributed by atoms with Gasteiger partial charge in [-0.05, 0) is 143 Å². The number of fused-ring (bicyclic) bond motifs is 9. The Kier molecular flexibility index (Phi) is 7.51. The molecule has 1 aliphatic carbocycles. The summed E-state index contributed by atoms with van der Waals surface area (Å²) in [6, 6.07) is 64.1. The van der Waals surface area contributed by atoms with E-state index in [1.807, 2.05) is 12.1 Å². The van der Waals surface area contributed by atoms with Gasteiger partial charge in [0.05, 0.1) is 16.6 Å². The Hall–Kier alpha value is -6.88. The van der Waals surface area contributed by atoms with E-state index in [1.165, 1.54) is 77.5 Å². The minimum absolute atomic E-state index is 0.893. The van der Waals surface area contributed by atoms with Crippen LogP contribution in [0, 0.1) is 0 Å². The molecule has 11 aromatic rings. The van der Waals surface area contributed by atoms with Crippen molar-refractivity contribution >= 4 is 76.7 Å². The second kappa shape index (κ2) is 13.1. The number of nitrogens with zero attached hydrogens (tertiary/aromatic N) is 2. The van der Waals surface area contributed by atoms with Crippen LogP contribution >= 0.6 is 15.9 Å². The van der Waals surface area contributed by atoms with Gasteiger partial charge in [0.1, 0.15) is 11.2 Å². The van der Waals surface area contributed by atoms with E-state index in [4.69, 9.17) is 4.42 Å². The number of aryl methyl sites for hydroxylation is 1. The maximum absolute atomic E-state index is 6.35. The molecule has 3 aromatic heterocycles. The van der Waals surface area contributed by atoms with Crippen molar-refractivity contribution in [3.63, 3.8) is 0 Å². The molecule has 0 unspecified atom stereocenters. The van der Waals surface area contributed by atoms with Crippen LogP contribution in [-0.2, 0) is 6.42 Å². The Morgan fingerprint density at radius 2 is 1.10 bits per heavy atom. The number of benzene rings is 8. The predicted molar refractivity (Wildman–Crippen MR) is 246 cm³/mol. The summed E-state index contributed by atoms with van der Waals surface area (Å²) in [5.74, 6) is 0. The molecule has 0 N–H and O–H groups in total. The first-order chi connectivity index (χ1) is 28.6. The third-order valence-electron chi connectivity index (χ3n) is 12.0. The molecule has 0 bridgehead atoms. The highest BCUT2D eigenvalue weighted by Crippen LogP contribution is 2.41. The van der Waals surface area contributed by atoms with E-state index in [1.54, 1.807) is 0 Å². The lowest BCUT2D eigenvalue weighted by molar-refractivity contribution is 0.668. The highest BCUT2D eigenvalue weighted by atomic mass is 79.9. The fraction of sp³-hybridized carbons (Fsp3) is 0.0370. The van der Waals surface area contributed by atoms with Gasteiger partial charge in [-0.3, -0.25) is 0 Å². The van der Waals surface area contributed by atoms with Crippen molar-refractivity contribution in [3.05, 3.63) is 198 Å². The molecule has 0 saturated heterocycles. The molecule has 0 saturated carbocycles. The van der Waals surface area contributed by atoms with Crippen LogP contribution in [0.15, 0.2) is 191 Å². The van der Waals surface area contributed by atoms with Gasteiger partial charge in [-0.1, -0.05) is 107 Å². The summed E-state index contributed by atoms with van der Waals surface area (Å²) in [4.78, 5) is 0. The average Bonchev–Trinajstić information content (AvgIpc) is 3.93. The largest absolute Gasteiger partial charge is 0.456 e. The predicted octanol–water partition coefficient (Wildman–Crippen LogP) is 15.3. The SMILES string of the molecule is Brc1cccc(-c2cc(-c3ccc4c(c3)c3ccccc3n4-c3ccc4c(c3)oc3ccccc34)cc(-c3ccc4c5c(n(-c6ccccc6)c4c3)C=CCC5)c2)c1. The van der Waals surface area contributed by atoms with E-state index < -0.39 is 0 Å². The minimum atomic E-state index is 0.893. The molecule has 8 aromatic carbocycles. The molecule has 1 aliphatic rings. The molecule has 4 heteroatoms. The van der Waals surface area contributed by atoms with Crippen molar-refractivity contribution in [3.8, 4) is 44.8 Å².